The van der Waals surface area contributed by atoms with Crippen LogP contribution in [-0.2, 0) is 4.79 Å². The van der Waals surface area contributed by atoms with Gasteiger partial charge in [-0.2, -0.15) is 0 Å². The average molecular weight is 320 g/mol. The number of halogens is 1. The molecule has 17 heavy (non-hydrogen) atoms. The highest BCUT2D eigenvalue weighted by atomic mass is 79.9. The van der Waals surface area contributed by atoms with Crippen molar-refractivity contribution < 1.29 is 9.90 Å². The van der Waals surface area contributed by atoms with E-state index in [1.54, 1.807) is 11.3 Å². The number of rotatable bonds is 4. The Labute approximate surface area is 115 Å². The summed E-state index contributed by atoms with van der Waals surface area (Å²) in [7, 11) is 0. The summed E-state index contributed by atoms with van der Waals surface area (Å²) in [5.41, 5.74) is -0.172. The summed E-state index contributed by atoms with van der Waals surface area (Å²) in [6.45, 7) is 8.21. The lowest BCUT2D eigenvalue weighted by atomic mass is 10.0. The molecule has 0 amide bonds. The smallest absolute Gasteiger partial charge is 0.317 e. The Hall–Kier alpha value is -0.390. The number of carboxylic acids is 1. The van der Waals surface area contributed by atoms with E-state index >= 15 is 0 Å². The molecule has 0 aliphatic heterocycles. The summed E-state index contributed by atoms with van der Waals surface area (Å²) < 4.78 is 1.05. The minimum atomic E-state index is -0.789. The van der Waals surface area contributed by atoms with Crippen LogP contribution in [-0.4, -0.2) is 28.1 Å². The quantitative estimate of drug-likeness (QED) is 0.918. The molecule has 0 aromatic carbocycles. The maximum atomic E-state index is 10.9. The molecule has 1 unspecified atom stereocenters. The van der Waals surface area contributed by atoms with Crippen molar-refractivity contribution in [1.82, 2.24) is 4.90 Å². The monoisotopic (exact) mass is 319 g/mol. The molecule has 3 nitrogen and oxygen atoms in total. The number of hydrogen-bond acceptors (Lipinski definition) is 3. The van der Waals surface area contributed by atoms with Gasteiger partial charge < -0.3 is 5.11 Å². The molecule has 0 aliphatic carbocycles. The van der Waals surface area contributed by atoms with Gasteiger partial charge in [0.2, 0.25) is 0 Å². The van der Waals surface area contributed by atoms with Gasteiger partial charge in [0.1, 0.15) is 0 Å². The lowest BCUT2D eigenvalue weighted by Gasteiger charge is -2.38. The van der Waals surface area contributed by atoms with Crippen LogP contribution >= 0.6 is 27.3 Å². The van der Waals surface area contributed by atoms with Gasteiger partial charge in [-0.25, -0.2) is 0 Å². The molecular weight excluding hydrogens is 302 g/mol. The van der Waals surface area contributed by atoms with E-state index in [0.717, 1.165) is 4.47 Å². The molecule has 0 aliphatic rings. The van der Waals surface area contributed by atoms with E-state index in [9.17, 15) is 4.79 Å². The van der Waals surface area contributed by atoms with Crippen LogP contribution in [0.3, 0.4) is 0 Å². The van der Waals surface area contributed by atoms with E-state index in [1.165, 1.54) is 4.88 Å². The van der Waals surface area contributed by atoms with Crippen LogP contribution in [0.5, 0.6) is 0 Å². The predicted octanol–water partition coefficient (Wildman–Crippen LogP) is 3.76. The van der Waals surface area contributed by atoms with Gasteiger partial charge in [0, 0.05) is 26.3 Å². The summed E-state index contributed by atoms with van der Waals surface area (Å²) in [6.07, 6.45) is 0. The average Bonchev–Trinajstić information content (AvgIpc) is 2.58. The lowest BCUT2D eigenvalue weighted by Crippen LogP contribution is -2.45. The van der Waals surface area contributed by atoms with Crippen LogP contribution in [0.25, 0.3) is 0 Å². The van der Waals surface area contributed by atoms with Gasteiger partial charge in [-0.05, 0) is 49.7 Å². The van der Waals surface area contributed by atoms with Crippen LogP contribution in [0.1, 0.15) is 38.6 Å². The highest BCUT2D eigenvalue weighted by Gasteiger charge is 2.29. The Bertz CT molecular complexity index is 397. The molecule has 1 heterocycles. The van der Waals surface area contributed by atoms with Crippen molar-refractivity contribution in [2.75, 3.05) is 6.54 Å². The zero-order chi connectivity index (χ0) is 13.2. The Morgan fingerprint density at radius 1 is 1.59 bits per heavy atom. The second-order valence-electron chi connectivity index (χ2n) is 5.04. The first kappa shape index (κ1) is 14.7. The van der Waals surface area contributed by atoms with Crippen LogP contribution < -0.4 is 0 Å². The summed E-state index contributed by atoms with van der Waals surface area (Å²) in [4.78, 5) is 14.1. The molecule has 0 saturated heterocycles. The number of thiophene rings is 1. The molecule has 96 valence electrons. The van der Waals surface area contributed by atoms with Crippen molar-refractivity contribution in [2.45, 2.75) is 39.3 Å². The van der Waals surface area contributed by atoms with E-state index in [4.69, 9.17) is 5.11 Å². The summed E-state index contributed by atoms with van der Waals surface area (Å²) in [5, 5.41) is 11.0. The second-order valence-corrected chi connectivity index (χ2v) is 6.89. The van der Waals surface area contributed by atoms with Gasteiger partial charge in [-0.1, -0.05) is 0 Å². The fourth-order valence-corrected chi connectivity index (χ4v) is 3.32. The van der Waals surface area contributed by atoms with Crippen LogP contribution in [0.2, 0.25) is 0 Å². The maximum absolute atomic E-state index is 10.9. The Balaban J connectivity index is 2.94. The van der Waals surface area contributed by atoms with E-state index < -0.39 is 5.97 Å². The lowest BCUT2D eigenvalue weighted by molar-refractivity contribution is -0.140. The summed E-state index contributed by atoms with van der Waals surface area (Å²) in [6, 6.07) is 2.15. The van der Waals surface area contributed by atoms with Crippen molar-refractivity contribution in [1.29, 1.82) is 0 Å². The van der Waals surface area contributed by atoms with Crippen molar-refractivity contribution in [2.24, 2.45) is 0 Å². The van der Waals surface area contributed by atoms with Gasteiger partial charge >= 0.3 is 5.97 Å². The van der Waals surface area contributed by atoms with Crippen molar-refractivity contribution in [3.63, 3.8) is 0 Å². The highest BCUT2D eigenvalue weighted by Crippen LogP contribution is 2.32. The maximum Gasteiger partial charge on any atom is 0.317 e. The third-order valence-electron chi connectivity index (χ3n) is 2.63. The SMILES string of the molecule is CC(c1cc(Br)cs1)N(CC(=O)O)C(C)(C)C. The van der Waals surface area contributed by atoms with Gasteiger partial charge in [-0.3, -0.25) is 9.69 Å². The van der Waals surface area contributed by atoms with Gasteiger partial charge in [-0.15, -0.1) is 11.3 Å². The fraction of sp³-hybridized carbons (Fsp3) is 0.583. The first-order chi connectivity index (χ1) is 7.71. The molecule has 1 aromatic rings. The molecule has 0 bridgehead atoms. The Kier molecular flexibility index (Phi) is 4.75. The zero-order valence-electron chi connectivity index (χ0n) is 10.5. The van der Waals surface area contributed by atoms with Gasteiger partial charge in [0.05, 0.1) is 6.54 Å². The third-order valence-corrected chi connectivity index (χ3v) is 4.50. The highest BCUT2D eigenvalue weighted by molar-refractivity contribution is 9.10. The third kappa shape index (κ3) is 4.08. The number of aliphatic carboxylic acids is 1. The van der Waals surface area contributed by atoms with Crippen LogP contribution in [0.15, 0.2) is 15.9 Å². The zero-order valence-corrected chi connectivity index (χ0v) is 12.9. The van der Waals surface area contributed by atoms with Crippen molar-refractivity contribution in [3.8, 4) is 0 Å². The first-order valence-corrected chi connectivity index (χ1v) is 7.11. The molecule has 1 rings (SSSR count). The van der Waals surface area contributed by atoms with Crippen LogP contribution in [0.4, 0.5) is 0 Å². The van der Waals surface area contributed by atoms with Gasteiger partial charge in [0.25, 0.3) is 0 Å². The summed E-state index contributed by atoms with van der Waals surface area (Å²) >= 11 is 5.07. The van der Waals surface area contributed by atoms with Crippen molar-refractivity contribution in [3.05, 3.63) is 20.8 Å². The molecule has 1 N–H and O–H groups in total. The number of nitrogens with zero attached hydrogens (tertiary/aromatic N) is 1. The molecule has 0 saturated carbocycles. The molecule has 1 atom stereocenters. The van der Waals surface area contributed by atoms with E-state index in [-0.39, 0.29) is 18.1 Å². The normalized spacial score (nSPS) is 14.0. The molecular formula is C12H18BrNO2S. The molecule has 0 fully saturated rings. The van der Waals surface area contributed by atoms with Crippen LogP contribution in [0, 0.1) is 0 Å². The molecule has 5 heteroatoms. The fourth-order valence-electron chi connectivity index (χ4n) is 1.80. The predicted molar refractivity (Wildman–Crippen MR) is 74.5 cm³/mol. The minimum absolute atomic E-state index is 0.0557. The number of carboxylic acid groups (broad SMARTS) is 1. The van der Waals surface area contributed by atoms with E-state index in [0.29, 0.717) is 0 Å². The minimum Gasteiger partial charge on any atom is -0.480 e. The number of hydrogen-bond donors (Lipinski definition) is 1. The van der Waals surface area contributed by atoms with Crippen molar-refractivity contribution >= 4 is 33.2 Å². The largest absolute Gasteiger partial charge is 0.480 e. The molecule has 0 radical (unpaired) electrons. The second kappa shape index (κ2) is 5.50. The summed E-state index contributed by atoms with van der Waals surface area (Å²) in [5.74, 6) is -0.789. The van der Waals surface area contributed by atoms with E-state index in [2.05, 4.69) is 22.0 Å². The van der Waals surface area contributed by atoms with E-state index in [1.807, 2.05) is 38.0 Å². The molecule has 1 aromatic heterocycles. The Morgan fingerprint density at radius 2 is 2.18 bits per heavy atom. The molecule has 0 spiro atoms. The number of carbonyl (C=O) groups is 1. The van der Waals surface area contributed by atoms with Gasteiger partial charge in [0.15, 0.2) is 0 Å². The Morgan fingerprint density at radius 3 is 2.53 bits per heavy atom. The standard InChI is InChI=1S/C12H18BrNO2S/c1-8(10-5-9(13)7-17-10)14(6-11(15)16)12(2,3)4/h5,7-8H,6H2,1-4H3,(H,15,16). The first-order valence-electron chi connectivity index (χ1n) is 5.44. The topological polar surface area (TPSA) is 40.5 Å².